The van der Waals surface area contributed by atoms with Crippen LogP contribution in [0, 0.1) is 5.92 Å². The number of carbonyl (C=O) groups is 1. The first kappa shape index (κ1) is 8.08. The summed E-state index contributed by atoms with van der Waals surface area (Å²) in [6.07, 6.45) is 2.92. The fraction of sp³-hybridized carbons (Fsp3) is 0.857. The maximum atomic E-state index is 10.6. The predicted molar refractivity (Wildman–Crippen MR) is 44.2 cm³/mol. The molecule has 1 aliphatic heterocycles. The highest BCUT2D eigenvalue weighted by Crippen LogP contribution is 2.16. The molecule has 0 aromatic rings. The second-order valence-electron chi connectivity index (χ2n) is 2.79. The SMILES string of the molecule is O=C(S)CC1CCNCC1. The van der Waals surface area contributed by atoms with E-state index in [1.807, 2.05) is 0 Å². The number of carbonyl (C=O) groups excluding carboxylic acids is 1. The van der Waals surface area contributed by atoms with Crippen molar-refractivity contribution in [1.82, 2.24) is 5.32 Å². The van der Waals surface area contributed by atoms with Gasteiger partial charge in [0.05, 0.1) is 0 Å². The number of piperidine rings is 1. The van der Waals surface area contributed by atoms with Crippen molar-refractivity contribution in [2.45, 2.75) is 19.3 Å². The third-order valence-electron chi connectivity index (χ3n) is 1.92. The summed E-state index contributed by atoms with van der Waals surface area (Å²) in [7, 11) is 0. The molecular formula is C7H13NOS. The first-order chi connectivity index (χ1) is 4.79. The van der Waals surface area contributed by atoms with Crippen LogP contribution in [-0.4, -0.2) is 18.2 Å². The number of rotatable bonds is 2. The van der Waals surface area contributed by atoms with Crippen LogP contribution in [0.3, 0.4) is 0 Å². The van der Waals surface area contributed by atoms with Crippen molar-refractivity contribution in [3.63, 3.8) is 0 Å². The maximum Gasteiger partial charge on any atom is 0.186 e. The summed E-state index contributed by atoms with van der Waals surface area (Å²) in [5.41, 5.74) is 0. The summed E-state index contributed by atoms with van der Waals surface area (Å²) in [4.78, 5) is 10.6. The molecule has 1 heterocycles. The van der Waals surface area contributed by atoms with Crippen LogP contribution < -0.4 is 5.32 Å². The number of nitrogens with one attached hydrogen (secondary N) is 1. The van der Waals surface area contributed by atoms with Crippen LogP contribution in [0.5, 0.6) is 0 Å². The molecule has 1 saturated heterocycles. The van der Waals surface area contributed by atoms with Crippen molar-refractivity contribution in [3.05, 3.63) is 0 Å². The minimum absolute atomic E-state index is 0.0342. The third kappa shape index (κ3) is 2.71. The van der Waals surface area contributed by atoms with Gasteiger partial charge >= 0.3 is 0 Å². The molecule has 0 aromatic heterocycles. The molecule has 0 radical (unpaired) electrons. The van der Waals surface area contributed by atoms with E-state index in [1.54, 1.807) is 0 Å². The molecule has 0 aliphatic carbocycles. The number of hydrogen-bond donors (Lipinski definition) is 2. The van der Waals surface area contributed by atoms with Crippen LogP contribution in [0.1, 0.15) is 19.3 Å². The number of thiol groups is 1. The smallest absolute Gasteiger partial charge is 0.186 e. The van der Waals surface area contributed by atoms with Gasteiger partial charge in [-0.15, -0.1) is 12.6 Å². The highest BCUT2D eigenvalue weighted by atomic mass is 32.1. The Morgan fingerprint density at radius 2 is 2.10 bits per heavy atom. The van der Waals surface area contributed by atoms with Crippen molar-refractivity contribution >= 4 is 17.7 Å². The molecule has 0 amide bonds. The fourth-order valence-corrected chi connectivity index (χ4v) is 1.59. The molecule has 1 rings (SSSR count). The minimum atomic E-state index is 0.0342. The van der Waals surface area contributed by atoms with E-state index in [9.17, 15) is 4.79 Å². The molecule has 58 valence electrons. The fourth-order valence-electron chi connectivity index (χ4n) is 1.33. The first-order valence-corrected chi connectivity index (χ1v) is 4.16. The summed E-state index contributed by atoms with van der Waals surface area (Å²) in [5.74, 6) is 0.589. The van der Waals surface area contributed by atoms with Gasteiger partial charge < -0.3 is 5.32 Å². The number of hydrogen-bond acceptors (Lipinski definition) is 2. The maximum absolute atomic E-state index is 10.6. The zero-order chi connectivity index (χ0) is 7.40. The molecule has 1 fully saturated rings. The van der Waals surface area contributed by atoms with E-state index >= 15 is 0 Å². The van der Waals surface area contributed by atoms with Gasteiger partial charge in [-0.05, 0) is 31.8 Å². The van der Waals surface area contributed by atoms with Crippen molar-refractivity contribution in [2.75, 3.05) is 13.1 Å². The average Bonchev–Trinajstić information content (AvgIpc) is 1.88. The minimum Gasteiger partial charge on any atom is -0.317 e. The van der Waals surface area contributed by atoms with Crippen molar-refractivity contribution in [1.29, 1.82) is 0 Å². The average molecular weight is 159 g/mol. The zero-order valence-electron chi connectivity index (χ0n) is 5.97. The first-order valence-electron chi connectivity index (χ1n) is 3.71. The van der Waals surface area contributed by atoms with Gasteiger partial charge in [-0.2, -0.15) is 0 Å². The van der Waals surface area contributed by atoms with Crippen LogP contribution in [0.2, 0.25) is 0 Å². The van der Waals surface area contributed by atoms with E-state index in [0.717, 1.165) is 25.9 Å². The van der Waals surface area contributed by atoms with Gasteiger partial charge in [0.2, 0.25) is 0 Å². The lowest BCUT2D eigenvalue weighted by atomic mass is 9.95. The molecule has 0 unspecified atom stereocenters. The topological polar surface area (TPSA) is 29.1 Å². The molecule has 1 N–H and O–H groups in total. The Kier molecular flexibility index (Phi) is 3.22. The van der Waals surface area contributed by atoms with E-state index in [2.05, 4.69) is 17.9 Å². The van der Waals surface area contributed by atoms with Gasteiger partial charge in [0.25, 0.3) is 0 Å². The standard InChI is InChI=1S/C7H13NOS/c9-7(10)5-6-1-3-8-4-2-6/h6,8H,1-5H2,(H,9,10). The second kappa shape index (κ2) is 3.98. The largest absolute Gasteiger partial charge is 0.317 e. The lowest BCUT2D eigenvalue weighted by Gasteiger charge is -2.20. The predicted octanol–water partition coefficient (Wildman–Crippen LogP) is 0.833. The zero-order valence-corrected chi connectivity index (χ0v) is 6.86. The Labute approximate surface area is 66.8 Å². The molecule has 0 saturated carbocycles. The van der Waals surface area contributed by atoms with Gasteiger partial charge in [0.1, 0.15) is 0 Å². The third-order valence-corrected chi connectivity index (χ3v) is 2.10. The highest BCUT2D eigenvalue weighted by molar-refractivity contribution is 7.96. The molecule has 2 nitrogen and oxygen atoms in total. The van der Waals surface area contributed by atoms with Crippen LogP contribution in [-0.2, 0) is 4.79 Å². The van der Waals surface area contributed by atoms with Crippen molar-refractivity contribution in [2.24, 2.45) is 5.92 Å². The van der Waals surface area contributed by atoms with Gasteiger partial charge in [-0.1, -0.05) is 0 Å². The monoisotopic (exact) mass is 159 g/mol. The Bertz CT molecular complexity index is 121. The van der Waals surface area contributed by atoms with Crippen LogP contribution in [0.4, 0.5) is 0 Å². The quantitative estimate of drug-likeness (QED) is 0.584. The van der Waals surface area contributed by atoms with Crippen LogP contribution in [0.25, 0.3) is 0 Å². The summed E-state index contributed by atoms with van der Waals surface area (Å²) in [6, 6.07) is 0. The summed E-state index contributed by atoms with van der Waals surface area (Å²) >= 11 is 3.75. The molecule has 1 aliphatic rings. The van der Waals surface area contributed by atoms with E-state index in [-0.39, 0.29) is 5.12 Å². The molecule has 0 atom stereocenters. The van der Waals surface area contributed by atoms with E-state index in [4.69, 9.17) is 0 Å². The van der Waals surface area contributed by atoms with Gasteiger partial charge in [-0.25, -0.2) is 0 Å². The van der Waals surface area contributed by atoms with Gasteiger partial charge in [0.15, 0.2) is 5.12 Å². The Morgan fingerprint density at radius 3 is 2.60 bits per heavy atom. The highest BCUT2D eigenvalue weighted by Gasteiger charge is 2.14. The van der Waals surface area contributed by atoms with Crippen molar-refractivity contribution in [3.8, 4) is 0 Å². The molecule has 0 spiro atoms. The Morgan fingerprint density at radius 1 is 1.50 bits per heavy atom. The lowest BCUT2D eigenvalue weighted by Crippen LogP contribution is -2.28. The molecular weight excluding hydrogens is 146 g/mol. The van der Waals surface area contributed by atoms with Crippen LogP contribution in [0.15, 0.2) is 0 Å². The van der Waals surface area contributed by atoms with E-state index in [0.29, 0.717) is 12.3 Å². The molecule has 0 aromatic carbocycles. The molecule has 10 heavy (non-hydrogen) atoms. The molecule has 0 bridgehead atoms. The van der Waals surface area contributed by atoms with E-state index in [1.165, 1.54) is 0 Å². The van der Waals surface area contributed by atoms with Crippen LogP contribution >= 0.6 is 12.6 Å². The normalized spacial score (nSPS) is 20.9. The molecule has 3 heteroatoms. The Hall–Kier alpha value is -0.0200. The van der Waals surface area contributed by atoms with E-state index < -0.39 is 0 Å². The van der Waals surface area contributed by atoms with Crippen molar-refractivity contribution < 1.29 is 4.79 Å². The summed E-state index contributed by atoms with van der Waals surface area (Å²) in [5, 5.41) is 3.29. The van der Waals surface area contributed by atoms with Gasteiger partial charge in [0, 0.05) is 6.42 Å². The lowest BCUT2D eigenvalue weighted by molar-refractivity contribution is -0.111. The van der Waals surface area contributed by atoms with Gasteiger partial charge in [-0.3, -0.25) is 4.79 Å². The second-order valence-corrected chi connectivity index (χ2v) is 3.29. The summed E-state index contributed by atoms with van der Waals surface area (Å²) in [6.45, 7) is 2.12. The Balaban J connectivity index is 2.19. The summed E-state index contributed by atoms with van der Waals surface area (Å²) < 4.78 is 0.